The summed E-state index contributed by atoms with van der Waals surface area (Å²) in [7, 11) is 3.63. The van der Waals surface area contributed by atoms with Gasteiger partial charge in [-0.05, 0) is 50.2 Å². The van der Waals surface area contributed by atoms with Crippen molar-refractivity contribution < 1.29 is 9.47 Å². The molecular weight excluding hydrogens is 354 g/mol. The van der Waals surface area contributed by atoms with Crippen molar-refractivity contribution >= 4 is 0 Å². The normalized spacial score (nSPS) is 17.0. The van der Waals surface area contributed by atoms with Gasteiger partial charge in [-0.1, -0.05) is 0 Å². The molecule has 0 amide bonds. The summed E-state index contributed by atoms with van der Waals surface area (Å²) in [5.41, 5.74) is 2.13. The molecule has 7 heteroatoms. The summed E-state index contributed by atoms with van der Waals surface area (Å²) in [6, 6.07) is 11.4. The monoisotopic (exact) mass is 379 g/mol. The van der Waals surface area contributed by atoms with Crippen molar-refractivity contribution in [2.24, 2.45) is 7.05 Å². The molecule has 4 rings (SSSR count). The first-order valence-electron chi connectivity index (χ1n) is 9.47. The molecule has 2 aromatic heterocycles. The lowest BCUT2D eigenvalue weighted by Crippen LogP contribution is -2.21. The maximum absolute atomic E-state index is 5.95. The van der Waals surface area contributed by atoms with Crippen LogP contribution in [0, 0.1) is 6.92 Å². The zero-order valence-corrected chi connectivity index (χ0v) is 16.5. The fourth-order valence-corrected chi connectivity index (χ4v) is 3.53. The first-order chi connectivity index (χ1) is 13.6. The van der Waals surface area contributed by atoms with Gasteiger partial charge in [0.15, 0.2) is 0 Å². The van der Waals surface area contributed by atoms with Crippen LogP contribution in [-0.2, 0) is 13.6 Å². The SMILES string of the molecule is COc1ccc(Oc2cc(C)nc(C3CCN(Cc4ccnn4C)C3)n2)cc1. The van der Waals surface area contributed by atoms with E-state index in [4.69, 9.17) is 14.5 Å². The minimum Gasteiger partial charge on any atom is -0.497 e. The van der Waals surface area contributed by atoms with Gasteiger partial charge in [0.25, 0.3) is 0 Å². The van der Waals surface area contributed by atoms with E-state index in [9.17, 15) is 0 Å². The van der Waals surface area contributed by atoms with Crippen molar-refractivity contribution in [3.63, 3.8) is 0 Å². The molecule has 0 radical (unpaired) electrons. The van der Waals surface area contributed by atoms with Crippen LogP contribution in [-0.4, -0.2) is 44.8 Å². The second kappa shape index (κ2) is 7.98. The summed E-state index contributed by atoms with van der Waals surface area (Å²) in [5.74, 6) is 3.28. The molecule has 28 heavy (non-hydrogen) atoms. The molecule has 1 saturated heterocycles. The average Bonchev–Trinajstić information content (AvgIpc) is 3.32. The van der Waals surface area contributed by atoms with E-state index in [1.165, 1.54) is 5.69 Å². The van der Waals surface area contributed by atoms with Gasteiger partial charge in [-0.15, -0.1) is 0 Å². The van der Waals surface area contributed by atoms with E-state index in [1.54, 1.807) is 7.11 Å². The Balaban J connectivity index is 1.45. The van der Waals surface area contributed by atoms with Gasteiger partial charge in [0, 0.05) is 44.0 Å². The Labute approximate surface area is 164 Å². The Bertz CT molecular complexity index is 938. The fraction of sp³-hybridized carbons (Fsp3) is 0.381. The molecule has 1 unspecified atom stereocenters. The van der Waals surface area contributed by atoms with E-state index in [0.29, 0.717) is 11.8 Å². The van der Waals surface area contributed by atoms with Gasteiger partial charge in [0.2, 0.25) is 5.88 Å². The number of ether oxygens (including phenoxy) is 2. The molecule has 1 fully saturated rings. The van der Waals surface area contributed by atoms with Crippen LogP contribution in [0.5, 0.6) is 17.4 Å². The number of nitrogens with zero attached hydrogens (tertiary/aromatic N) is 5. The molecule has 0 N–H and O–H groups in total. The maximum Gasteiger partial charge on any atom is 0.222 e. The van der Waals surface area contributed by atoms with Gasteiger partial charge in [-0.25, -0.2) is 4.98 Å². The number of aryl methyl sites for hydroxylation is 2. The van der Waals surface area contributed by atoms with Crippen LogP contribution >= 0.6 is 0 Å². The highest BCUT2D eigenvalue weighted by atomic mass is 16.5. The standard InChI is InChI=1S/C21H25N5O2/c1-15-12-20(28-19-6-4-18(27-3)5-7-19)24-21(23-15)16-9-11-26(13-16)14-17-8-10-22-25(17)2/h4-8,10,12,16H,9,11,13-14H2,1-3H3. The molecule has 1 aliphatic rings. The molecule has 1 aliphatic heterocycles. The number of hydrogen-bond donors (Lipinski definition) is 0. The molecule has 1 aromatic carbocycles. The molecule has 0 saturated carbocycles. The Morgan fingerprint density at radius 1 is 1.11 bits per heavy atom. The third kappa shape index (κ3) is 4.14. The highest BCUT2D eigenvalue weighted by molar-refractivity contribution is 5.34. The van der Waals surface area contributed by atoms with E-state index >= 15 is 0 Å². The van der Waals surface area contributed by atoms with Crippen LogP contribution in [0.3, 0.4) is 0 Å². The van der Waals surface area contributed by atoms with Crippen molar-refractivity contribution in [2.75, 3.05) is 20.2 Å². The summed E-state index contributed by atoms with van der Waals surface area (Å²) in [6.07, 6.45) is 2.89. The van der Waals surface area contributed by atoms with Gasteiger partial charge in [-0.3, -0.25) is 9.58 Å². The van der Waals surface area contributed by atoms with Crippen LogP contribution in [0.1, 0.15) is 29.6 Å². The minimum absolute atomic E-state index is 0.311. The number of likely N-dealkylation sites (tertiary alicyclic amines) is 1. The predicted molar refractivity (Wildman–Crippen MR) is 106 cm³/mol. The first kappa shape index (κ1) is 18.4. The fourth-order valence-electron chi connectivity index (χ4n) is 3.53. The maximum atomic E-state index is 5.95. The van der Waals surface area contributed by atoms with Crippen LogP contribution in [0.15, 0.2) is 42.6 Å². The van der Waals surface area contributed by atoms with E-state index in [1.807, 2.05) is 55.2 Å². The molecular formula is C21H25N5O2. The van der Waals surface area contributed by atoms with Crippen molar-refractivity contribution in [1.82, 2.24) is 24.6 Å². The summed E-state index contributed by atoms with van der Waals surface area (Å²) in [4.78, 5) is 11.8. The number of hydrogen-bond acceptors (Lipinski definition) is 6. The number of rotatable bonds is 6. The molecule has 146 valence electrons. The number of aromatic nitrogens is 4. The van der Waals surface area contributed by atoms with Crippen molar-refractivity contribution in [3.8, 4) is 17.4 Å². The summed E-state index contributed by atoms with van der Waals surface area (Å²) in [6.45, 7) is 4.85. The smallest absolute Gasteiger partial charge is 0.222 e. The van der Waals surface area contributed by atoms with Crippen LogP contribution < -0.4 is 9.47 Å². The van der Waals surface area contributed by atoms with Crippen molar-refractivity contribution in [1.29, 1.82) is 0 Å². The predicted octanol–water partition coefficient (Wildman–Crippen LogP) is 3.31. The van der Waals surface area contributed by atoms with Gasteiger partial charge in [0.1, 0.15) is 17.3 Å². The Morgan fingerprint density at radius 2 is 1.89 bits per heavy atom. The quantitative estimate of drug-likeness (QED) is 0.655. The lowest BCUT2D eigenvalue weighted by Gasteiger charge is -2.16. The van der Waals surface area contributed by atoms with Crippen molar-refractivity contribution in [2.45, 2.75) is 25.8 Å². The number of methoxy groups -OCH3 is 1. The van der Waals surface area contributed by atoms with Gasteiger partial charge >= 0.3 is 0 Å². The minimum atomic E-state index is 0.311. The van der Waals surface area contributed by atoms with Crippen LogP contribution in [0.25, 0.3) is 0 Å². The second-order valence-electron chi connectivity index (χ2n) is 7.15. The largest absolute Gasteiger partial charge is 0.497 e. The first-order valence-corrected chi connectivity index (χ1v) is 9.47. The van der Waals surface area contributed by atoms with Gasteiger partial charge in [-0.2, -0.15) is 10.1 Å². The molecule has 0 bridgehead atoms. The van der Waals surface area contributed by atoms with E-state index < -0.39 is 0 Å². The average molecular weight is 379 g/mol. The zero-order chi connectivity index (χ0) is 19.5. The molecule has 7 nitrogen and oxygen atoms in total. The Morgan fingerprint density at radius 3 is 2.61 bits per heavy atom. The molecule has 3 aromatic rings. The van der Waals surface area contributed by atoms with E-state index in [0.717, 1.165) is 49.1 Å². The summed E-state index contributed by atoms with van der Waals surface area (Å²) < 4.78 is 13.1. The molecule has 1 atom stereocenters. The molecule has 0 aliphatic carbocycles. The molecule has 3 heterocycles. The lowest BCUT2D eigenvalue weighted by atomic mass is 10.1. The zero-order valence-electron chi connectivity index (χ0n) is 16.5. The summed E-state index contributed by atoms with van der Waals surface area (Å²) in [5, 5.41) is 4.25. The van der Waals surface area contributed by atoms with Gasteiger partial charge < -0.3 is 9.47 Å². The molecule has 0 spiro atoms. The third-order valence-electron chi connectivity index (χ3n) is 5.08. The Kier molecular flexibility index (Phi) is 5.25. The highest BCUT2D eigenvalue weighted by Gasteiger charge is 2.27. The topological polar surface area (TPSA) is 65.3 Å². The second-order valence-corrected chi connectivity index (χ2v) is 7.15. The van der Waals surface area contributed by atoms with Gasteiger partial charge in [0.05, 0.1) is 12.8 Å². The third-order valence-corrected chi connectivity index (χ3v) is 5.08. The van der Waals surface area contributed by atoms with E-state index in [2.05, 4.69) is 21.0 Å². The number of benzene rings is 1. The highest BCUT2D eigenvalue weighted by Crippen LogP contribution is 2.29. The van der Waals surface area contributed by atoms with Crippen molar-refractivity contribution in [3.05, 3.63) is 59.8 Å². The van der Waals surface area contributed by atoms with Crippen LogP contribution in [0.4, 0.5) is 0 Å². The van der Waals surface area contributed by atoms with Crippen LogP contribution in [0.2, 0.25) is 0 Å². The Hall–Kier alpha value is -2.93. The summed E-state index contributed by atoms with van der Waals surface area (Å²) >= 11 is 0. The lowest BCUT2D eigenvalue weighted by molar-refractivity contribution is 0.315. The van der Waals surface area contributed by atoms with E-state index in [-0.39, 0.29) is 0 Å².